The van der Waals surface area contributed by atoms with E-state index in [1.54, 1.807) is 7.05 Å². The highest BCUT2D eigenvalue weighted by atomic mass is 19.4. The lowest BCUT2D eigenvalue weighted by atomic mass is 9.87. The van der Waals surface area contributed by atoms with Gasteiger partial charge in [0.2, 0.25) is 5.91 Å². The Morgan fingerprint density at radius 1 is 1.09 bits per heavy atom. The first-order valence-corrected chi connectivity index (χ1v) is 6.88. The van der Waals surface area contributed by atoms with E-state index in [0.717, 1.165) is 17.7 Å². The van der Waals surface area contributed by atoms with E-state index >= 15 is 0 Å². The molecule has 1 aliphatic heterocycles. The summed E-state index contributed by atoms with van der Waals surface area (Å²) in [6.07, 6.45) is -4.26. The number of benzene rings is 2. The van der Waals surface area contributed by atoms with E-state index in [1.807, 2.05) is 30.3 Å². The van der Waals surface area contributed by atoms with Crippen LogP contribution in [-0.2, 0) is 17.4 Å². The molecule has 0 aliphatic carbocycles. The summed E-state index contributed by atoms with van der Waals surface area (Å²) < 4.78 is 38.9. The molecule has 2 aromatic rings. The smallest absolute Gasteiger partial charge is 0.334 e. The van der Waals surface area contributed by atoms with Crippen molar-refractivity contribution in [2.45, 2.75) is 18.6 Å². The maximum Gasteiger partial charge on any atom is 0.416 e. The van der Waals surface area contributed by atoms with Gasteiger partial charge in [-0.25, -0.2) is 0 Å². The van der Waals surface area contributed by atoms with Gasteiger partial charge in [-0.2, -0.15) is 13.2 Å². The van der Waals surface area contributed by atoms with Crippen molar-refractivity contribution >= 4 is 5.91 Å². The van der Waals surface area contributed by atoms with Crippen molar-refractivity contribution in [3.63, 3.8) is 0 Å². The lowest BCUT2D eigenvalue weighted by Crippen LogP contribution is -2.38. The van der Waals surface area contributed by atoms with E-state index in [1.165, 1.54) is 11.0 Å². The Morgan fingerprint density at radius 3 is 2.41 bits per heavy atom. The van der Waals surface area contributed by atoms with Crippen molar-refractivity contribution in [3.05, 3.63) is 70.8 Å². The predicted molar refractivity (Wildman–Crippen MR) is 76.2 cm³/mol. The zero-order valence-corrected chi connectivity index (χ0v) is 11.9. The van der Waals surface area contributed by atoms with Crippen LogP contribution in [0.4, 0.5) is 13.2 Å². The zero-order valence-electron chi connectivity index (χ0n) is 11.9. The lowest BCUT2D eigenvalue weighted by molar-refractivity contribution is -0.137. The van der Waals surface area contributed by atoms with E-state index in [-0.39, 0.29) is 12.3 Å². The van der Waals surface area contributed by atoms with Crippen LogP contribution in [0.3, 0.4) is 0 Å². The molecule has 5 heteroatoms. The summed E-state index contributed by atoms with van der Waals surface area (Å²) in [5.41, 5.74) is 1.32. The van der Waals surface area contributed by atoms with Gasteiger partial charge in [0.05, 0.1) is 18.0 Å². The molecule has 0 fully saturated rings. The van der Waals surface area contributed by atoms with Gasteiger partial charge in [0.1, 0.15) is 0 Å². The normalized spacial score (nSPS) is 18.3. The predicted octanol–water partition coefficient (Wildman–Crippen LogP) is 3.81. The van der Waals surface area contributed by atoms with Gasteiger partial charge in [-0.05, 0) is 28.8 Å². The first-order valence-electron chi connectivity index (χ1n) is 6.88. The molecule has 0 saturated heterocycles. The van der Waals surface area contributed by atoms with Gasteiger partial charge < -0.3 is 4.90 Å². The zero-order chi connectivity index (χ0) is 15.9. The Bertz CT molecular complexity index is 710. The van der Waals surface area contributed by atoms with Crippen LogP contribution in [0.2, 0.25) is 0 Å². The number of amides is 1. The first kappa shape index (κ1) is 14.6. The summed E-state index contributed by atoms with van der Waals surface area (Å²) in [7, 11) is 1.63. The standard InChI is InChI=1S/C17H14F3NO/c1-21-15(22)9-12-7-8-13(17(18,19)20)10-14(12)16(21)11-5-3-2-4-6-11/h2-8,10,16H,9H2,1H3. The van der Waals surface area contributed by atoms with Crippen molar-refractivity contribution in [1.29, 1.82) is 0 Å². The molecule has 0 spiro atoms. The molecule has 1 aliphatic rings. The minimum absolute atomic E-state index is 0.0962. The van der Waals surface area contributed by atoms with Crippen molar-refractivity contribution < 1.29 is 18.0 Å². The van der Waals surface area contributed by atoms with Gasteiger partial charge in [0.15, 0.2) is 0 Å². The minimum Gasteiger partial charge on any atom is -0.334 e. The summed E-state index contributed by atoms with van der Waals surface area (Å²) in [6.45, 7) is 0. The van der Waals surface area contributed by atoms with Crippen LogP contribution in [0.5, 0.6) is 0 Å². The number of rotatable bonds is 1. The fourth-order valence-electron chi connectivity index (χ4n) is 2.87. The lowest BCUT2D eigenvalue weighted by Gasteiger charge is -2.35. The Morgan fingerprint density at radius 2 is 1.77 bits per heavy atom. The van der Waals surface area contributed by atoms with E-state index in [4.69, 9.17) is 0 Å². The summed E-state index contributed by atoms with van der Waals surface area (Å²) >= 11 is 0. The van der Waals surface area contributed by atoms with Crippen molar-refractivity contribution in [2.24, 2.45) is 0 Å². The summed E-state index contributed by atoms with van der Waals surface area (Å²) in [5.74, 6) is -0.0962. The highest BCUT2D eigenvalue weighted by molar-refractivity contribution is 5.82. The molecule has 2 nitrogen and oxygen atoms in total. The molecule has 1 unspecified atom stereocenters. The van der Waals surface area contributed by atoms with Crippen LogP contribution in [0, 0.1) is 0 Å². The summed E-state index contributed by atoms with van der Waals surface area (Å²) in [6, 6.07) is 12.2. The van der Waals surface area contributed by atoms with Gasteiger partial charge in [-0.15, -0.1) is 0 Å². The van der Waals surface area contributed by atoms with Crippen LogP contribution in [0.15, 0.2) is 48.5 Å². The molecule has 1 atom stereocenters. The number of likely N-dealkylation sites (N-methyl/N-ethyl adjacent to an activating group) is 1. The molecule has 0 saturated carbocycles. The van der Waals surface area contributed by atoms with Gasteiger partial charge in [0, 0.05) is 7.05 Å². The van der Waals surface area contributed by atoms with Crippen molar-refractivity contribution in [1.82, 2.24) is 4.90 Å². The number of fused-ring (bicyclic) bond motifs is 1. The summed E-state index contributed by atoms with van der Waals surface area (Å²) in [5, 5.41) is 0. The number of hydrogen-bond donors (Lipinski definition) is 0. The molecular formula is C17H14F3NO. The molecule has 0 bridgehead atoms. The molecule has 0 radical (unpaired) electrons. The number of hydrogen-bond acceptors (Lipinski definition) is 1. The quantitative estimate of drug-likeness (QED) is 0.784. The molecule has 0 aromatic heterocycles. The van der Waals surface area contributed by atoms with Crippen LogP contribution in [-0.4, -0.2) is 17.9 Å². The fraction of sp³-hybridized carbons (Fsp3) is 0.235. The van der Waals surface area contributed by atoms with Crippen molar-refractivity contribution in [3.8, 4) is 0 Å². The molecule has 1 amide bonds. The Labute approximate surface area is 126 Å². The molecular weight excluding hydrogens is 291 g/mol. The van der Waals surface area contributed by atoms with E-state index < -0.39 is 17.8 Å². The average molecular weight is 305 g/mol. The third-order valence-electron chi connectivity index (χ3n) is 4.01. The number of carbonyl (C=O) groups excluding carboxylic acids is 1. The third kappa shape index (κ3) is 2.47. The number of halogens is 3. The number of carbonyl (C=O) groups is 1. The first-order chi connectivity index (χ1) is 10.4. The molecule has 3 rings (SSSR count). The highest BCUT2D eigenvalue weighted by Gasteiger charge is 2.35. The maximum absolute atomic E-state index is 13.0. The van der Waals surface area contributed by atoms with Gasteiger partial charge in [-0.1, -0.05) is 36.4 Å². The average Bonchev–Trinajstić information content (AvgIpc) is 2.48. The molecule has 0 N–H and O–H groups in total. The minimum atomic E-state index is -4.39. The van der Waals surface area contributed by atoms with Gasteiger partial charge in [0.25, 0.3) is 0 Å². The Balaban J connectivity index is 2.17. The fourth-order valence-corrected chi connectivity index (χ4v) is 2.87. The Kier molecular flexibility index (Phi) is 3.43. The SMILES string of the molecule is CN1C(=O)Cc2ccc(C(F)(F)F)cc2C1c1ccccc1. The molecule has 114 valence electrons. The van der Waals surface area contributed by atoms with Gasteiger partial charge in [-0.3, -0.25) is 4.79 Å². The van der Waals surface area contributed by atoms with Crippen LogP contribution in [0.25, 0.3) is 0 Å². The monoisotopic (exact) mass is 305 g/mol. The van der Waals surface area contributed by atoms with Crippen LogP contribution >= 0.6 is 0 Å². The second kappa shape index (κ2) is 5.16. The van der Waals surface area contributed by atoms with Gasteiger partial charge >= 0.3 is 6.18 Å². The van der Waals surface area contributed by atoms with Crippen molar-refractivity contribution in [2.75, 3.05) is 7.05 Å². The molecule has 22 heavy (non-hydrogen) atoms. The second-order valence-corrected chi connectivity index (χ2v) is 5.41. The largest absolute Gasteiger partial charge is 0.416 e. The maximum atomic E-state index is 13.0. The summed E-state index contributed by atoms with van der Waals surface area (Å²) in [4.78, 5) is 13.6. The van der Waals surface area contributed by atoms with E-state index in [0.29, 0.717) is 11.1 Å². The molecule has 1 heterocycles. The topological polar surface area (TPSA) is 20.3 Å². The van der Waals surface area contributed by atoms with Crippen LogP contribution in [0.1, 0.15) is 28.3 Å². The number of alkyl halides is 3. The molecule has 2 aromatic carbocycles. The second-order valence-electron chi connectivity index (χ2n) is 5.41. The highest BCUT2D eigenvalue weighted by Crippen LogP contribution is 2.38. The third-order valence-corrected chi connectivity index (χ3v) is 4.01. The number of nitrogens with zero attached hydrogens (tertiary/aromatic N) is 1. The van der Waals surface area contributed by atoms with E-state index in [2.05, 4.69) is 0 Å². The van der Waals surface area contributed by atoms with Crippen LogP contribution < -0.4 is 0 Å². The van der Waals surface area contributed by atoms with E-state index in [9.17, 15) is 18.0 Å². The Hall–Kier alpha value is -2.30.